The molecule has 0 bridgehead atoms. The Labute approximate surface area is 87.7 Å². The Morgan fingerprint density at radius 1 is 1.21 bits per heavy atom. The number of alkyl halides is 1. The van der Waals surface area contributed by atoms with Gasteiger partial charge in [-0.25, -0.2) is 4.39 Å². The highest BCUT2D eigenvalue weighted by Crippen LogP contribution is 2.35. The second kappa shape index (κ2) is 4.61. The molecule has 1 rings (SSSR count). The lowest BCUT2D eigenvalue weighted by molar-refractivity contribution is 0.00323. The maximum absolute atomic E-state index is 14.4. The highest BCUT2D eigenvalue weighted by Gasteiger charge is 2.38. The van der Waals surface area contributed by atoms with E-state index in [1.807, 2.05) is 6.92 Å². The first kappa shape index (κ1) is 12.0. The molecule has 0 N–H and O–H groups in total. The van der Waals surface area contributed by atoms with Crippen LogP contribution in [-0.2, 0) is 0 Å². The maximum atomic E-state index is 14.4. The molecule has 2 heteroatoms. The molecule has 0 radical (unpaired) electrons. The van der Waals surface area contributed by atoms with Gasteiger partial charge in [0.15, 0.2) is 0 Å². The van der Waals surface area contributed by atoms with E-state index < -0.39 is 5.67 Å². The third-order valence-corrected chi connectivity index (χ3v) is 3.86. The first-order valence-electron chi connectivity index (χ1n) is 5.92. The zero-order valence-corrected chi connectivity index (χ0v) is 10.0. The van der Waals surface area contributed by atoms with Crippen LogP contribution in [0.15, 0.2) is 0 Å². The number of hydrogen-bond acceptors (Lipinski definition) is 1. The van der Waals surface area contributed by atoms with E-state index >= 15 is 0 Å². The summed E-state index contributed by atoms with van der Waals surface area (Å²) in [6.07, 6.45) is 2.40. The minimum atomic E-state index is -0.889. The van der Waals surface area contributed by atoms with Crippen LogP contribution in [0.2, 0.25) is 0 Å². The highest BCUT2D eigenvalue weighted by atomic mass is 19.1. The molecule has 84 valence electrons. The zero-order chi connectivity index (χ0) is 10.8. The molecular formula is C12H24FN. The molecule has 1 saturated heterocycles. The normalized spacial score (nSPS) is 25.3. The number of rotatable bonds is 3. The van der Waals surface area contributed by atoms with Gasteiger partial charge in [0.1, 0.15) is 5.67 Å². The highest BCUT2D eigenvalue weighted by molar-refractivity contribution is 4.90. The van der Waals surface area contributed by atoms with Crippen molar-refractivity contribution in [3.8, 4) is 0 Å². The van der Waals surface area contributed by atoms with Gasteiger partial charge in [-0.15, -0.1) is 0 Å². The SMILES string of the molecule is CCC(C)C1(F)CCN(C(C)C)CC1. The zero-order valence-electron chi connectivity index (χ0n) is 10.0. The van der Waals surface area contributed by atoms with Gasteiger partial charge in [-0.2, -0.15) is 0 Å². The Balaban J connectivity index is 2.48. The molecule has 0 amide bonds. The topological polar surface area (TPSA) is 3.24 Å². The molecule has 1 nitrogen and oxygen atoms in total. The van der Waals surface area contributed by atoms with E-state index in [1.54, 1.807) is 0 Å². The van der Waals surface area contributed by atoms with Crippen LogP contribution in [0.25, 0.3) is 0 Å². The third-order valence-electron chi connectivity index (χ3n) is 3.86. The quantitative estimate of drug-likeness (QED) is 0.677. The summed E-state index contributed by atoms with van der Waals surface area (Å²) in [6, 6.07) is 0.566. The number of hydrogen-bond donors (Lipinski definition) is 0. The minimum absolute atomic E-state index is 0.219. The van der Waals surface area contributed by atoms with Crippen molar-refractivity contribution in [2.24, 2.45) is 5.92 Å². The van der Waals surface area contributed by atoms with E-state index in [0.717, 1.165) is 32.4 Å². The van der Waals surface area contributed by atoms with Crippen molar-refractivity contribution in [1.82, 2.24) is 4.90 Å². The molecule has 1 aliphatic rings. The fourth-order valence-corrected chi connectivity index (χ4v) is 2.27. The van der Waals surface area contributed by atoms with Crippen LogP contribution in [0.3, 0.4) is 0 Å². The number of nitrogens with zero attached hydrogens (tertiary/aromatic N) is 1. The second-order valence-corrected chi connectivity index (χ2v) is 4.97. The fraction of sp³-hybridized carbons (Fsp3) is 1.00. The molecule has 0 saturated carbocycles. The molecule has 0 aromatic heterocycles. The predicted octanol–water partition coefficient (Wildman–Crippen LogP) is 3.25. The van der Waals surface area contributed by atoms with Gasteiger partial charge >= 0.3 is 0 Å². The summed E-state index contributed by atoms with van der Waals surface area (Å²) in [6.45, 7) is 10.4. The van der Waals surface area contributed by atoms with Gasteiger partial charge in [-0.3, -0.25) is 0 Å². The molecular weight excluding hydrogens is 177 g/mol. The summed E-state index contributed by atoms with van der Waals surface area (Å²) in [5.74, 6) is 0.219. The second-order valence-electron chi connectivity index (χ2n) is 4.97. The predicted molar refractivity (Wildman–Crippen MR) is 59.2 cm³/mol. The van der Waals surface area contributed by atoms with Gasteiger partial charge < -0.3 is 4.90 Å². The summed E-state index contributed by atoms with van der Waals surface area (Å²) in [7, 11) is 0. The molecule has 1 aliphatic heterocycles. The van der Waals surface area contributed by atoms with Gasteiger partial charge in [-0.05, 0) is 32.6 Å². The van der Waals surface area contributed by atoms with E-state index in [1.165, 1.54) is 0 Å². The Morgan fingerprint density at radius 2 is 1.71 bits per heavy atom. The van der Waals surface area contributed by atoms with Crippen molar-refractivity contribution >= 4 is 0 Å². The van der Waals surface area contributed by atoms with Crippen molar-refractivity contribution in [2.45, 2.75) is 58.7 Å². The number of piperidine rings is 1. The fourth-order valence-electron chi connectivity index (χ4n) is 2.27. The van der Waals surface area contributed by atoms with Crippen LogP contribution < -0.4 is 0 Å². The van der Waals surface area contributed by atoms with Gasteiger partial charge in [-0.1, -0.05) is 20.3 Å². The van der Waals surface area contributed by atoms with Gasteiger partial charge in [0, 0.05) is 19.1 Å². The Kier molecular flexibility index (Phi) is 3.94. The van der Waals surface area contributed by atoms with Crippen molar-refractivity contribution < 1.29 is 4.39 Å². The van der Waals surface area contributed by atoms with Crippen molar-refractivity contribution in [3.05, 3.63) is 0 Å². The lowest BCUT2D eigenvalue weighted by atomic mass is 9.80. The Morgan fingerprint density at radius 3 is 2.07 bits per heavy atom. The molecule has 0 spiro atoms. The molecule has 0 aliphatic carbocycles. The van der Waals surface area contributed by atoms with Crippen LogP contribution >= 0.6 is 0 Å². The van der Waals surface area contributed by atoms with Crippen LogP contribution in [0.5, 0.6) is 0 Å². The lowest BCUT2D eigenvalue weighted by Gasteiger charge is -2.41. The largest absolute Gasteiger partial charge is 0.301 e. The average molecular weight is 201 g/mol. The maximum Gasteiger partial charge on any atom is 0.116 e. The van der Waals surface area contributed by atoms with E-state index in [4.69, 9.17) is 0 Å². The average Bonchev–Trinajstić information content (AvgIpc) is 2.17. The molecule has 1 atom stereocenters. The summed E-state index contributed by atoms with van der Waals surface area (Å²) in [5, 5.41) is 0. The number of halogens is 1. The molecule has 0 aromatic rings. The van der Waals surface area contributed by atoms with Crippen molar-refractivity contribution in [3.63, 3.8) is 0 Å². The Hall–Kier alpha value is -0.110. The van der Waals surface area contributed by atoms with Crippen LogP contribution in [-0.4, -0.2) is 29.7 Å². The van der Waals surface area contributed by atoms with Gasteiger partial charge in [0.2, 0.25) is 0 Å². The van der Waals surface area contributed by atoms with Crippen LogP contribution in [0.1, 0.15) is 47.0 Å². The van der Waals surface area contributed by atoms with E-state index in [9.17, 15) is 4.39 Å². The standard InChI is InChI=1S/C12H24FN/c1-5-11(4)12(13)6-8-14(9-7-12)10(2)3/h10-11H,5-9H2,1-4H3. The third kappa shape index (κ3) is 2.47. The van der Waals surface area contributed by atoms with Crippen molar-refractivity contribution in [2.75, 3.05) is 13.1 Å². The summed E-state index contributed by atoms with van der Waals surface area (Å²) in [5.41, 5.74) is -0.889. The first-order valence-corrected chi connectivity index (χ1v) is 5.92. The Bertz CT molecular complexity index is 171. The van der Waals surface area contributed by atoms with Crippen molar-refractivity contribution in [1.29, 1.82) is 0 Å². The van der Waals surface area contributed by atoms with Crippen LogP contribution in [0.4, 0.5) is 4.39 Å². The molecule has 0 aromatic carbocycles. The monoisotopic (exact) mass is 201 g/mol. The smallest absolute Gasteiger partial charge is 0.116 e. The summed E-state index contributed by atoms with van der Waals surface area (Å²) < 4.78 is 14.4. The molecule has 1 unspecified atom stereocenters. The van der Waals surface area contributed by atoms with E-state index in [0.29, 0.717) is 6.04 Å². The lowest BCUT2D eigenvalue weighted by Crippen LogP contribution is -2.47. The van der Waals surface area contributed by atoms with Gasteiger partial charge in [0.25, 0.3) is 0 Å². The van der Waals surface area contributed by atoms with Crippen LogP contribution in [0, 0.1) is 5.92 Å². The molecule has 1 fully saturated rings. The summed E-state index contributed by atoms with van der Waals surface area (Å²) >= 11 is 0. The van der Waals surface area contributed by atoms with E-state index in [2.05, 4.69) is 25.7 Å². The minimum Gasteiger partial charge on any atom is -0.301 e. The molecule has 14 heavy (non-hydrogen) atoms. The summed E-state index contributed by atoms with van der Waals surface area (Å²) in [4.78, 5) is 2.38. The van der Waals surface area contributed by atoms with Gasteiger partial charge in [0.05, 0.1) is 0 Å². The first-order chi connectivity index (χ1) is 6.49. The van der Waals surface area contributed by atoms with E-state index in [-0.39, 0.29) is 5.92 Å². The molecule has 1 heterocycles. The number of likely N-dealkylation sites (tertiary alicyclic amines) is 1.